The molecule has 2 amide bonds. The Kier molecular flexibility index (Phi) is 4.27. The van der Waals surface area contributed by atoms with Gasteiger partial charge in [0.15, 0.2) is 0 Å². The molecule has 1 aliphatic rings. The van der Waals surface area contributed by atoms with Crippen molar-refractivity contribution in [3.63, 3.8) is 0 Å². The second-order valence-electron chi connectivity index (χ2n) is 5.36. The number of hydrogen-bond acceptors (Lipinski definition) is 3. The lowest BCUT2D eigenvalue weighted by Crippen LogP contribution is -2.38. The summed E-state index contributed by atoms with van der Waals surface area (Å²) in [5.41, 5.74) is 7.35. The molecule has 0 aromatic heterocycles. The molecule has 0 radical (unpaired) electrons. The van der Waals surface area contributed by atoms with Crippen molar-refractivity contribution < 1.29 is 9.59 Å². The van der Waals surface area contributed by atoms with Crippen molar-refractivity contribution in [1.29, 1.82) is 0 Å². The van der Waals surface area contributed by atoms with Crippen molar-refractivity contribution in [3.05, 3.63) is 29.8 Å². The Morgan fingerprint density at radius 1 is 1.45 bits per heavy atom. The second kappa shape index (κ2) is 5.94. The smallest absolute Gasteiger partial charge is 0.229 e. The summed E-state index contributed by atoms with van der Waals surface area (Å²) in [4.78, 5) is 25.3. The van der Waals surface area contributed by atoms with Gasteiger partial charge in [0.1, 0.15) is 0 Å². The van der Waals surface area contributed by atoms with Crippen LogP contribution in [0.1, 0.15) is 31.7 Å². The molecule has 1 fully saturated rings. The lowest BCUT2D eigenvalue weighted by molar-refractivity contribution is -0.131. The lowest BCUT2D eigenvalue weighted by Gasteiger charge is -2.21. The lowest BCUT2D eigenvalue weighted by atomic mass is 9.99. The van der Waals surface area contributed by atoms with Crippen LogP contribution in [-0.4, -0.2) is 35.8 Å². The highest BCUT2D eigenvalue weighted by Crippen LogP contribution is 2.22. The number of likely N-dealkylation sites (tertiary alicyclic amines) is 1. The van der Waals surface area contributed by atoms with Crippen LogP contribution in [-0.2, 0) is 9.59 Å². The van der Waals surface area contributed by atoms with Crippen LogP contribution in [0.2, 0.25) is 0 Å². The molecule has 0 saturated carbocycles. The fourth-order valence-electron chi connectivity index (χ4n) is 2.61. The zero-order valence-electron chi connectivity index (χ0n) is 11.9. The van der Waals surface area contributed by atoms with Gasteiger partial charge in [0.25, 0.3) is 0 Å². The summed E-state index contributed by atoms with van der Waals surface area (Å²) in [5.74, 6) is -0.175. The van der Waals surface area contributed by atoms with Gasteiger partial charge in [0.2, 0.25) is 11.8 Å². The van der Waals surface area contributed by atoms with Crippen molar-refractivity contribution in [2.24, 2.45) is 0 Å². The molecule has 0 aliphatic carbocycles. The molecule has 3 N–H and O–H groups in total. The number of rotatable bonds is 3. The van der Waals surface area contributed by atoms with Gasteiger partial charge in [-0.2, -0.15) is 0 Å². The molecule has 108 valence electrons. The van der Waals surface area contributed by atoms with Crippen LogP contribution in [0.3, 0.4) is 0 Å². The number of benzene rings is 1. The number of nitrogens with zero attached hydrogens (tertiary/aromatic N) is 1. The van der Waals surface area contributed by atoms with Gasteiger partial charge in [-0.05, 0) is 31.0 Å². The van der Waals surface area contributed by atoms with Crippen molar-refractivity contribution in [3.8, 4) is 0 Å². The van der Waals surface area contributed by atoms with Gasteiger partial charge in [-0.25, -0.2) is 0 Å². The Hall–Kier alpha value is -2.04. The summed E-state index contributed by atoms with van der Waals surface area (Å²) in [6, 6.07) is 7.50. The molecule has 1 aromatic carbocycles. The third-order valence-electron chi connectivity index (χ3n) is 3.69. The molecule has 2 unspecified atom stereocenters. The maximum absolute atomic E-state index is 12.5. The van der Waals surface area contributed by atoms with Gasteiger partial charge < -0.3 is 16.0 Å². The van der Waals surface area contributed by atoms with Gasteiger partial charge in [-0.15, -0.1) is 0 Å². The summed E-state index contributed by atoms with van der Waals surface area (Å²) in [6.45, 7) is 4.67. The Bertz CT molecular complexity index is 516. The van der Waals surface area contributed by atoms with E-state index in [-0.39, 0.29) is 23.8 Å². The number of nitrogens with two attached hydrogens (primary N) is 1. The van der Waals surface area contributed by atoms with Gasteiger partial charge >= 0.3 is 0 Å². The Morgan fingerprint density at radius 3 is 2.85 bits per heavy atom. The molecule has 0 bridgehead atoms. The molecule has 1 aliphatic heterocycles. The normalized spacial score (nSPS) is 19.7. The van der Waals surface area contributed by atoms with Gasteiger partial charge in [0.05, 0.1) is 5.92 Å². The summed E-state index contributed by atoms with van der Waals surface area (Å²) >= 11 is 0. The topological polar surface area (TPSA) is 75.4 Å². The highest BCUT2D eigenvalue weighted by molar-refractivity contribution is 5.84. The molecule has 1 aromatic rings. The van der Waals surface area contributed by atoms with Gasteiger partial charge in [-0.3, -0.25) is 9.59 Å². The van der Waals surface area contributed by atoms with Crippen molar-refractivity contribution in [2.75, 3.05) is 18.8 Å². The minimum atomic E-state index is -0.213. The highest BCUT2D eigenvalue weighted by atomic mass is 16.2. The quantitative estimate of drug-likeness (QED) is 0.811. The van der Waals surface area contributed by atoms with Gasteiger partial charge in [0, 0.05) is 31.7 Å². The molecular weight excluding hydrogens is 254 g/mol. The average molecular weight is 275 g/mol. The Balaban J connectivity index is 2.00. The van der Waals surface area contributed by atoms with Gasteiger partial charge in [-0.1, -0.05) is 12.1 Å². The number of carbonyl (C=O) groups excluding carboxylic acids is 2. The first kappa shape index (κ1) is 14.4. The van der Waals surface area contributed by atoms with E-state index < -0.39 is 0 Å². The Labute approximate surface area is 119 Å². The minimum absolute atomic E-state index is 0.0480. The first-order valence-corrected chi connectivity index (χ1v) is 6.88. The van der Waals surface area contributed by atoms with E-state index in [2.05, 4.69) is 5.32 Å². The first-order valence-electron chi connectivity index (χ1n) is 6.88. The average Bonchev–Trinajstić information content (AvgIpc) is 2.84. The van der Waals surface area contributed by atoms with Crippen LogP contribution in [0.25, 0.3) is 0 Å². The van der Waals surface area contributed by atoms with Crippen LogP contribution >= 0.6 is 0 Å². The molecule has 1 saturated heterocycles. The van der Waals surface area contributed by atoms with Crippen LogP contribution < -0.4 is 11.1 Å². The maximum Gasteiger partial charge on any atom is 0.229 e. The third-order valence-corrected chi connectivity index (χ3v) is 3.69. The number of hydrogen-bond donors (Lipinski definition) is 2. The molecular formula is C15H21N3O2. The summed E-state index contributed by atoms with van der Waals surface area (Å²) in [5, 5.41) is 2.86. The van der Waals surface area contributed by atoms with E-state index in [4.69, 9.17) is 5.73 Å². The Morgan fingerprint density at radius 2 is 2.20 bits per heavy atom. The summed E-state index contributed by atoms with van der Waals surface area (Å²) < 4.78 is 0. The largest absolute Gasteiger partial charge is 0.399 e. The molecule has 2 rings (SSSR count). The van der Waals surface area contributed by atoms with E-state index in [1.54, 1.807) is 0 Å². The molecule has 1 heterocycles. The van der Waals surface area contributed by atoms with E-state index in [0.29, 0.717) is 18.8 Å². The predicted octanol–water partition coefficient (Wildman–Crippen LogP) is 1.11. The number of anilines is 1. The molecule has 5 heteroatoms. The molecule has 20 heavy (non-hydrogen) atoms. The molecule has 0 spiro atoms. The number of amides is 2. The van der Waals surface area contributed by atoms with E-state index in [1.165, 1.54) is 6.92 Å². The van der Waals surface area contributed by atoms with Crippen molar-refractivity contribution >= 4 is 17.5 Å². The second-order valence-corrected chi connectivity index (χ2v) is 5.36. The van der Waals surface area contributed by atoms with Crippen LogP contribution in [0.15, 0.2) is 24.3 Å². The van der Waals surface area contributed by atoms with Crippen LogP contribution in [0, 0.1) is 0 Å². The maximum atomic E-state index is 12.5. The van der Waals surface area contributed by atoms with Crippen molar-refractivity contribution in [2.45, 2.75) is 32.2 Å². The van der Waals surface area contributed by atoms with E-state index in [1.807, 2.05) is 36.1 Å². The SMILES string of the molecule is CC(=O)NC1CCN(C(=O)C(C)c2cccc(N)c2)C1. The predicted molar refractivity (Wildman–Crippen MR) is 78.1 cm³/mol. The van der Waals surface area contributed by atoms with E-state index in [0.717, 1.165) is 12.0 Å². The highest BCUT2D eigenvalue weighted by Gasteiger charge is 2.29. The zero-order valence-corrected chi connectivity index (χ0v) is 11.9. The minimum Gasteiger partial charge on any atom is -0.399 e. The first-order chi connectivity index (χ1) is 9.47. The standard InChI is InChI=1S/C15H21N3O2/c1-10(12-4-3-5-13(16)8-12)15(20)18-7-6-14(9-18)17-11(2)19/h3-5,8,10,14H,6-7,9,16H2,1-2H3,(H,17,19). The van der Waals surface area contributed by atoms with Crippen LogP contribution in [0.5, 0.6) is 0 Å². The number of nitrogens with one attached hydrogen (secondary N) is 1. The van der Waals surface area contributed by atoms with Crippen LogP contribution in [0.4, 0.5) is 5.69 Å². The molecule has 2 atom stereocenters. The monoisotopic (exact) mass is 275 g/mol. The fourth-order valence-corrected chi connectivity index (χ4v) is 2.61. The van der Waals surface area contributed by atoms with Crippen molar-refractivity contribution in [1.82, 2.24) is 10.2 Å². The number of carbonyl (C=O) groups is 2. The zero-order chi connectivity index (χ0) is 14.7. The van der Waals surface area contributed by atoms with E-state index >= 15 is 0 Å². The fraction of sp³-hybridized carbons (Fsp3) is 0.467. The summed E-state index contributed by atoms with van der Waals surface area (Å²) in [6.07, 6.45) is 0.814. The van der Waals surface area contributed by atoms with E-state index in [9.17, 15) is 9.59 Å². The third kappa shape index (κ3) is 3.29. The molecule has 5 nitrogen and oxygen atoms in total. The summed E-state index contributed by atoms with van der Waals surface area (Å²) in [7, 11) is 0. The number of nitrogen functional groups attached to an aromatic ring is 1.